The monoisotopic (exact) mass is 347 g/mol. The van der Waals surface area contributed by atoms with Gasteiger partial charge in [0.15, 0.2) is 0 Å². The number of tetrazole rings is 1. The molecule has 1 aromatic carbocycles. The van der Waals surface area contributed by atoms with Crippen LogP contribution in [-0.4, -0.2) is 45.0 Å². The molecular weight excluding hydrogens is 326 g/mol. The van der Waals surface area contributed by atoms with Crippen molar-refractivity contribution < 1.29 is 9.53 Å². The van der Waals surface area contributed by atoms with Crippen LogP contribution < -0.4 is 10.1 Å². The van der Waals surface area contributed by atoms with Crippen LogP contribution in [0.3, 0.4) is 0 Å². The SMILES string of the molecule is COc1ccc(C)cc1-n1nnnc1SCC(=O)N[C@@H](C)C1CC1. The summed E-state index contributed by atoms with van der Waals surface area (Å²) < 4.78 is 6.99. The molecule has 1 aliphatic rings. The first-order chi connectivity index (χ1) is 11.6. The van der Waals surface area contributed by atoms with Crippen molar-refractivity contribution >= 4 is 17.7 Å². The number of rotatable bonds is 7. The third-order valence-corrected chi connectivity index (χ3v) is 4.97. The van der Waals surface area contributed by atoms with Gasteiger partial charge >= 0.3 is 0 Å². The largest absolute Gasteiger partial charge is 0.494 e. The predicted octanol–water partition coefficient (Wildman–Crippen LogP) is 1.99. The van der Waals surface area contributed by atoms with E-state index in [4.69, 9.17) is 4.74 Å². The summed E-state index contributed by atoms with van der Waals surface area (Å²) in [6.45, 7) is 4.05. The van der Waals surface area contributed by atoms with Gasteiger partial charge in [-0.2, -0.15) is 4.68 Å². The van der Waals surface area contributed by atoms with Crippen molar-refractivity contribution in [1.29, 1.82) is 0 Å². The number of hydrogen-bond donors (Lipinski definition) is 1. The molecule has 0 bridgehead atoms. The molecule has 128 valence electrons. The van der Waals surface area contributed by atoms with Crippen LogP contribution in [0, 0.1) is 12.8 Å². The minimum atomic E-state index is 0.00478. The maximum atomic E-state index is 12.1. The Labute approximate surface area is 145 Å². The molecule has 1 saturated carbocycles. The van der Waals surface area contributed by atoms with Crippen LogP contribution in [-0.2, 0) is 4.79 Å². The molecule has 0 radical (unpaired) electrons. The number of thioether (sulfide) groups is 1. The van der Waals surface area contributed by atoms with E-state index in [2.05, 4.69) is 27.8 Å². The van der Waals surface area contributed by atoms with Gasteiger partial charge in [-0.15, -0.1) is 5.10 Å². The molecule has 3 rings (SSSR count). The van der Waals surface area contributed by atoms with E-state index < -0.39 is 0 Å². The molecule has 1 atom stereocenters. The fourth-order valence-electron chi connectivity index (χ4n) is 2.53. The van der Waals surface area contributed by atoms with E-state index in [-0.39, 0.29) is 17.7 Å². The highest BCUT2D eigenvalue weighted by molar-refractivity contribution is 7.99. The molecule has 7 nitrogen and oxygen atoms in total. The van der Waals surface area contributed by atoms with Crippen molar-refractivity contribution in [2.45, 2.75) is 37.9 Å². The number of aryl methyl sites for hydroxylation is 1. The molecule has 1 aliphatic carbocycles. The molecule has 1 amide bonds. The summed E-state index contributed by atoms with van der Waals surface area (Å²) in [7, 11) is 1.61. The molecule has 0 spiro atoms. The van der Waals surface area contributed by atoms with E-state index >= 15 is 0 Å². The fraction of sp³-hybridized carbons (Fsp3) is 0.500. The number of nitrogens with zero attached hydrogens (tertiary/aromatic N) is 4. The summed E-state index contributed by atoms with van der Waals surface area (Å²) >= 11 is 1.32. The normalized spacial score (nSPS) is 15.1. The average Bonchev–Trinajstić information content (AvgIpc) is 3.31. The zero-order valence-corrected chi connectivity index (χ0v) is 14.8. The lowest BCUT2D eigenvalue weighted by molar-refractivity contribution is -0.119. The fourth-order valence-corrected chi connectivity index (χ4v) is 3.22. The van der Waals surface area contributed by atoms with Gasteiger partial charge in [0.1, 0.15) is 11.4 Å². The summed E-state index contributed by atoms with van der Waals surface area (Å²) in [5.74, 6) is 1.61. The predicted molar refractivity (Wildman–Crippen MR) is 91.5 cm³/mol. The minimum absolute atomic E-state index is 0.00478. The Morgan fingerprint density at radius 2 is 2.29 bits per heavy atom. The van der Waals surface area contributed by atoms with Gasteiger partial charge in [-0.1, -0.05) is 17.8 Å². The molecule has 1 N–H and O–H groups in total. The maximum absolute atomic E-state index is 12.1. The van der Waals surface area contributed by atoms with Gasteiger partial charge in [0.05, 0.1) is 12.9 Å². The topological polar surface area (TPSA) is 81.9 Å². The third kappa shape index (κ3) is 3.87. The van der Waals surface area contributed by atoms with Crippen molar-refractivity contribution in [1.82, 2.24) is 25.5 Å². The number of methoxy groups -OCH3 is 1. The summed E-state index contributed by atoms with van der Waals surface area (Å²) in [6.07, 6.45) is 2.42. The van der Waals surface area contributed by atoms with E-state index in [0.717, 1.165) is 11.3 Å². The Morgan fingerprint density at radius 3 is 3.00 bits per heavy atom. The van der Waals surface area contributed by atoms with Gasteiger partial charge < -0.3 is 10.1 Å². The third-order valence-electron chi connectivity index (χ3n) is 4.05. The molecule has 1 aromatic heterocycles. The van der Waals surface area contributed by atoms with Gasteiger partial charge in [-0.3, -0.25) is 4.79 Å². The number of carbonyl (C=O) groups excluding carboxylic acids is 1. The van der Waals surface area contributed by atoms with E-state index in [1.54, 1.807) is 11.8 Å². The number of amides is 1. The average molecular weight is 347 g/mol. The molecule has 0 saturated heterocycles. The lowest BCUT2D eigenvalue weighted by Gasteiger charge is -2.13. The molecule has 8 heteroatoms. The van der Waals surface area contributed by atoms with Crippen molar-refractivity contribution in [2.24, 2.45) is 5.92 Å². The lowest BCUT2D eigenvalue weighted by atomic mass is 10.2. The number of ether oxygens (including phenoxy) is 1. The second kappa shape index (κ2) is 7.21. The van der Waals surface area contributed by atoms with Crippen LogP contribution in [0.25, 0.3) is 5.69 Å². The molecular formula is C16H21N5O2S. The van der Waals surface area contributed by atoms with Crippen molar-refractivity contribution in [2.75, 3.05) is 12.9 Å². The quantitative estimate of drug-likeness (QED) is 0.771. The standard InChI is InChI=1S/C16H21N5O2S/c1-10-4-7-14(23-3)13(8-10)21-16(18-19-20-21)24-9-15(22)17-11(2)12-5-6-12/h4,7-8,11-12H,5-6,9H2,1-3H3,(H,17,22)/t11-/m0/s1. The van der Waals surface area contributed by atoms with Crippen LogP contribution >= 0.6 is 11.8 Å². The highest BCUT2D eigenvalue weighted by atomic mass is 32.2. The lowest BCUT2D eigenvalue weighted by Crippen LogP contribution is -2.35. The Bertz CT molecular complexity index is 729. The van der Waals surface area contributed by atoms with Gasteiger partial charge in [-0.25, -0.2) is 0 Å². The minimum Gasteiger partial charge on any atom is -0.494 e. The Morgan fingerprint density at radius 1 is 1.50 bits per heavy atom. The smallest absolute Gasteiger partial charge is 0.230 e. The van der Waals surface area contributed by atoms with E-state index in [0.29, 0.717) is 16.8 Å². The van der Waals surface area contributed by atoms with Crippen LogP contribution in [0.5, 0.6) is 5.75 Å². The summed E-state index contributed by atoms with van der Waals surface area (Å²) in [4.78, 5) is 12.1. The summed E-state index contributed by atoms with van der Waals surface area (Å²) in [5.41, 5.74) is 1.84. The zero-order valence-electron chi connectivity index (χ0n) is 14.0. The van der Waals surface area contributed by atoms with Gasteiger partial charge in [-0.05, 0) is 60.7 Å². The number of carbonyl (C=O) groups is 1. The van der Waals surface area contributed by atoms with Gasteiger partial charge in [0.2, 0.25) is 11.1 Å². The second-order valence-electron chi connectivity index (χ2n) is 6.03. The van der Waals surface area contributed by atoms with Crippen LogP contribution in [0.15, 0.2) is 23.4 Å². The molecule has 0 unspecified atom stereocenters. The highest BCUT2D eigenvalue weighted by Crippen LogP contribution is 2.32. The zero-order chi connectivity index (χ0) is 17.1. The van der Waals surface area contributed by atoms with Crippen molar-refractivity contribution in [3.63, 3.8) is 0 Å². The molecule has 1 fully saturated rings. The van der Waals surface area contributed by atoms with Gasteiger partial charge in [0.25, 0.3) is 0 Å². The summed E-state index contributed by atoms with van der Waals surface area (Å²) in [6, 6.07) is 6.04. The van der Waals surface area contributed by atoms with Crippen LogP contribution in [0.2, 0.25) is 0 Å². The molecule has 24 heavy (non-hydrogen) atoms. The maximum Gasteiger partial charge on any atom is 0.230 e. The number of benzene rings is 1. The van der Waals surface area contributed by atoms with Crippen molar-refractivity contribution in [3.8, 4) is 11.4 Å². The van der Waals surface area contributed by atoms with Crippen LogP contribution in [0.1, 0.15) is 25.3 Å². The number of hydrogen-bond acceptors (Lipinski definition) is 6. The number of nitrogens with one attached hydrogen (secondary N) is 1. The van der Waals surface area contributed by atoms with Crippen LogP contribution in [0.4, 0.5) is 0 Å². The summed E-state index contributed by atoms with van der Waals surface area (Å²) in [5, 5.41) is 15.4. The van der Waals surface area contributed by atoms with Crippen molar-refractivity contribution in [3.05, 3.63) is 23.8 Å². The Hall–Kier alpha value is -2.09. The second-order valence-corrected chi connectivity index (χ2v) is 6.97. The Balaban J connectivity index is 1.69. The highest BCUT2D eigenvalue weighted by Gasteiger charge is 2.28. The molecule has 2 aromatic rings. The van der Waals surface area contributed by atoms with Gasteiger partial charge in [0, 0.05) is 6.04 Å². The first kappa shape index (κ1) is 16.8. The van der Waals surface area contributed by atoms with E-state index in [9.17, 15) is 4.79 Å². The van der Waals surface area contributed by atoms with E-state index in [1.165, 1.54) is 24.6 Å². The number of aromatic nitrogens is 4. The first-order valence-electron chi connectivity index (χ1n) is 7.94. The Kier molecular flexibility index (Phi) is 5.03. The van der Waals surface area contributed by atoms with E-state index in [1.807, 2.05) is 25.1 Å². The molecule has 1 heterocycles. The molecule has 0 aliphatic heterocycles. The first-order valence-corrected chi connectivity index (χ1v) is 8.92.